The number of rotatable bonds is 31. The van der Waals surface area contributed by atoms with Crippen molar-refractivity contribution in [3.05, 3.63) is 0 Å². The van der Waals surface area contributed by atoms with Crippen LogP contribution >= 0.6 is 12.6 Å². The Morgan fingerprint density at radius 3 is 0.794 bits per heavy atom. The van der Waals surface area contributed by atoms with E-state index in [2.05, 4.69) is 12.6 Å². The predicted molar refractivity (Wildman–Crippen MR) is 132 cm³/mol. The van der Waals surface area contributed by atoms with Gasteiger partial charge in [-0.25, -0.2) is 0 Å². The van der Waals surface area contributed by atoms with Crippen LogP contribution in [0.3, 0.4) is 0 Å². The van der Waals surface area contributed by atoms with Crippen molar-refractivity contribution in [3.8, 4) is 0 Å². The predicted octanol–water partition coefficient (Wildman–Crippen LogP) is 1.49. The molecule has 0 aromatic rings. The zero-order valence-electron chi connectivity index (χ0n) is 21.1. The van der Waals surface area contributed by atoms with E-state index in [9.17, 15) is 0 Å². The highest BCUT2D eigenvalue weighted by Crippen LogP contribution is 1.92. The minimum absolute atomic E-state index is 0.530. The summed E-state index contributed by atoms with van der Waals surface area (Å²) < 4.78 is 53.6. The van der Waals surface area contributed by atoms with Gasteiger partial charge in [-0.05, 0) is 18.6 Å². The van der Waals surface area contributed by atoms with Gasteiger partial charge in [-0.2, -0.15) is 12.6 Å². The molecule has 0 aromatic carbocycles. The molecule has 0 heterocycles. The van der Waals surface area contributed by atoms with Gasteiger partial charge in [0.2, 0.25) is 0 Å². The summed E-state index contributed by atoms with van der Waals surface area (Å²) in [5.74, 6) is 0.908. The van der Waals surface area contributed by atoms with Crippen molar-refractivity contribution in [2.45, 2.75) is 12.8 Å². The van der Waals surface area contributed by atoms with Crippen molar-refractivity contribution in [3.63, 3.8) is 0 Å². The summed E-state index contributed by atoms with van der Waals surface area (Å²) in [5.41, 5.74) is 0. The van der Waals surface area contributed by atoms with Gasteiger partial charge in [-0.3, -0.25) is 0 Å². The zero-order valence-corrected chi connectivity index (χ0v) is 22.0. The SMILES string of the molecule is COCCOCCOCCOCCOCCOCCOCCOCCOCCOCCCCS. The third-order valence-corrected chi connectivity index (χ3v) is 4.42. The maximum absolute atomic E-state index is 5.45. The van der Waals surface area contributed by atoms with E-state index in [1.165, 1.54) is 0 Å². The standard InChI is InChI=1S/C23H48O10S/c1-24-5-6-26-9-10-28-13-14-30-17-18-32-21-22-33-20-19-31-16-15-29-12-11-27-8-7-25-4-2-3-23-34/h34H,2-23H2,1H3. The molecule has 10 nitrogen and oxygen atoms in total. The van der Waals surface area contributed by atoms with Gasteiger partial charge in [-0.1, -0.05) is 0 Å². The maximum atomic E-state index is 5.45. The van der Waals surface area contributed by atoms with Gasteiger partial charge in [-0.15, -0.1) is 0 Å². The molecule has 0 unspecified atom stereocenters. The molecule has 0 aliphatic carbocycles. The van der Waals surface area contributed by atoms with Gasteiger partial charge in [0.1, 0.15) is 0 Å². The molecule has 34 heavy (non-hydrogen) atoms. The Hall–Kier alpha value is -0.0500. The van der Waals surface area contributed by atoms with Crippen molar-refractivity contribution < 1.29 is 47.4 Å². The number of unbranched alkanes of at least 4 members (excludes halogenated alkanes) is 1. The largest absolute Gasteiger partial charge is 0.382 e. The normalized spacial score (nSPS) is 11.5. The van der Waals surface area contributed by atoms with Crippen molar-refractivity contribution in [1.29, 1.82) is 0 Å². The third-order valence-electron chi connectivity index (χ3n) is 4.10. The quantitative estimate of drug-likeness (QED) is 0.108. The third kappa shape index (κ3) is 32.0. The molecule has 0 rings (SSSR count). The van der Waals surface area contributed by atoms with Crippen LogP contribution in [0.4, 0.5) is 0 Å². The van der Waals surface area contributed by atoms with Crippen LogP contribution in [0.1, 0.15) is 12.8 Å². The van der Waals surface area contributed by atoms with Gasteiger partial charge < -0.3 is 47.4 Å². The molecule has 0 fully saturated rings. The summed E-state index contributed by atoms with van der Waals surface area (Å²) in [6, 6.07) is 0. The van der Waals surface area contributed by atoms with Crippen molar-refractivity contribution in [1.82, 2.24) is 0 Å². The highest BCUT2D eigenvalue weighted by atomic mass is 32.1. The molecule has 0 saturated heterocycles. The summed E-state index contributed by atoms with van der Waals surface area (Å²) in [5, 5.41) is 0. The molecule has 0 amide bonds. The Morgan fingerprint density at radius 2 is 0.559 bits per heavy atom. The van der Waals surface area contributed by atoms with Gasteiger partial charge in [0.15, 0.2) is 0 Å². The summed E-state index contributed by atoms with van der Waals surface area (Å²) in [4.78, 5) is 0. The maximum Gasteiger partial charge on any atom is 0.0701 e. The van der Waals surface area contributed by atoms with E-state index >= 15 is 0 Å². The lowest BCUT2D eigenvalue weighted by Gasteiger charge is -2.09. The molecule has 0 atom stereocenters. The molecule has 0 radical (unpaired) electrons. The Labute approximate surface area is 211 Å². The van der Waals surface area contributed by atoms with Crippen LogP contribution in [-0.2, 0) is 47.4 Å². The molecule has 0 aliphatic heterocycles. The van der Waals surface area contributed by atoms with E-state index in [1.807, 2.05) is 0 Å². The highest BCUT2D eigenvalue weighted by molar-refractivity contribution is 7.80. The summed E-state index contributed by atoms with van der Waals surface area (Å²) >= 11 is 4.16. The summed E-state index contributed by atoms with van der Waals surface area (Å²) in [6.07, 6.45) is 2.13. The fourth-order valence-corrected chi connectivity index (χ4v) is 2.54. The van der Waals surface area contributed by atoms with Crippen LogP contribution in [-0.4, -0.2) is 138 Å². The fraction of sp³-hybridized carbons (Fsp3) is 1.00. The second-order valence-electron chi connectivity index (χ2n) is 6.93. The second-order valence-corrected chi connectivity index (χ2v) is 7.38. The van der Waals surface area contributed by atoms with Gasteiger partial charge in [0.05, 0.1) is 119 Å². The summed E-state index contributed by atoms with van der Waals surface area (Å²) in [6.45, 7) is 10.8. The van der Waals surface area contributed by atoms with Gasteiger partial charge >= 0.3 is 0 Å². The van der Waals surface area contributed by atoms with E-state index in [-0.39, 0.29) is 0 Å². The Morgan fingerprint density at radius 1 is 0.324 bits per heavy atom. The first kappa shape index (κ1) is 34.0. The fourth-order valence-electron chi connectivity index (χ4n) is 2.32. The molecule has 0 aliphatic rings. The molecular weight excluding hydrogens is 468 g/mol. The van der Waals surface area contributed by atoms with Crippen molar-refractivity contribution in [2.24, 2.45) is 0 Å². The Kier molecular flexibility index (Phi) is 32.9. The van der Waals surface area contributed by atoms with Crippen LogP contribution in [0.5, 0.6) is 0 Å². The van der Waals surface area contributed by atoms with Crippen LogP contribution in [0.15, 0.2) is 0 Å². The number of methoxy groups -OCH3 is 1. The van der Waals surface area contributed by atoms with Crippen LogP contribution in [0, 0.1) is 0 Å². The first-order valence-corrected chi connectivity index (χ1v) is 12.8. The van der Waals surface area contributed by atoms with Crippen LogP contribution in [0.2, 0.25) is 0 Å². The smallest absolute Gasteiger partial charge is 0.0701 e. The lowest BCUT2D eigenvalue weighted by Crippen LogP contribution is -2.15. The average Bonchev–Trinajstić information content (AvgIpc) is 2.85. The molecule has 0 N–H and O–H groups in total. The minimum atomic E-state index is 0.530. The average molecular weight is 517 g/mol. The van der Waals surface area contributed by atoms with E-state index in [4.69, 9.17) is 47.4 Å². The highest BCUT2D eigenvalue weighted by Gasteiger charge is 1.95. The first-order valence-electron chi connectivity index (χ1n) is 12.2. The Balaban J connectivity index is 2.99. The molecule has 0 bridgehead atoms. The van der Waals surface area contributed by atoms with E-state index in [0.717, 1.165) is 25.2 Å². The Bertz CT molecular complexity index is 324. The lowest BCUT2D eigenvalue weighted by atomic mass is 10.4. The van der Waals surface area contributed by atoms with Gasteiger partial charge in [0.25, 0.3) is 0 Å². The van der Waals surface area contributed by atoms with Crippen LogP contribution in [0.25, 0.3) is 0 Å². The first-order chi connectivity index (χ1) is 16.9. The molecule has 0 aromatic heterocycles. The molecule has 206 valence electrons. The van der Waals surface area contributed by atoms with E-state index in [1.54, 1.807) is 7.11 Å². The summed E-state index contributed by atoms with van der Waals surface area (Å²) in [7, 11) is 1.65. The van der Waals surface area contributed by atoms with Crippen molar-refractivity contribution >= 4 is 12.6 Å². The zero-order chi connectivity index (χ0) is 24.6. The lowest BCUT2D eigenvalue weighted by molar-refractivity contribution is -0.0259. The van der Waals surface area contributed by atoms with Crippen LogP contribution < -0.4 is 0 Å². The number of thiol groups is 1. The molecule has 0 spiro atoms. The molecule has 11 heteroatoms. The number of hydrogen-bond acceptors (Lipinski definition) is 11. The number of hydrogen-bond donors (Lipinski definition) is 1. The topological polar surface area (TPSA) is 92.3 Å². The molecule has 0 saturated carbocycles. The monoisotopic (exact) mass is 516 g/mol. The van der Waals surface area contributed by atoms with E-state index < -0.39 is 0 Å². The van der Waals surface area contributed by atoms with Gasteiger partial charge in [0, 0.05) is 13.7 Å². The van der Waals surface area contributed by atoms with E-state index in [0.29, 0.717) is 119 Å². The van der Waals surface area contributed by atoms with Crippen molar-refractivity contribution in [2.75, 3.05) is 138 Å². The second kappa shape index (κ2) is 33.0. The number of ether oxygens (including phenoxy) is 10. The molecular formula is C23H48O10S. The minimum Gasteiger partial charge on any atom is -0.382 e.